The van der Waals surface area contributed by atoms with Gasteiger partial charge in [-0.1, -0.05) is 23.5 Å². The first-order valence-electron chi connectivity index (χ1n) is 7.58. The van der Waals surface area contributed by atoms with Crippen molar-refractivity contribution in [1.82, 2.24) is 10.4 Å². The molecule has 134 valence electrons. The summed E-state index contributed by atoms with van der Waals surface area (Å²) in [6, 6.07) is 10.5. The molecule has 0 spiro atoms. The second-order valence-electron chi connectivity index (χ2n) is 5.22. The van der Waals surface area contributed by atoms with Gasteiger partial charge in [0.1, 0.15) is 0 Å². The molecule has 1 amide bonds. The molecule has 0 aliphatic rings. The number of ether oxygens (including phenoxy) is 1. The molecule has 1 aromatic heterocycles. The Morgan fingerprint density at radius 3 is 2.92 bits per heavy atom. The molecule has 3 aromatic rings. The Hall–Kier alpha value is -3.33. The highest BCUT2D eigenvalue weighted by Crippen LogP contribution is 2.35. The second kappa shape index (κ2) is 7.70. The monoisotopic (exact) mass is 372 g/mol. The van der Waals surface area contributed by atoms with Crippen molar-refractivity contribution in [3.63, 3.8) is 0 Å². The average molecular weight is 372 g/mol. The molecular formula is C17H16N4O4S. The van der Waals surface area contributed by atoms with E-state index in [1.165, 1.54) is 36.8 Å². The minimum absolute atomic E-state index is 0.0152. The zero-order valence-electron chi connectivity index (χ0n) is 13.8. The van der Waals surface area contributed by atoms with Crippen molar-refractivity contribution in [3.05, 3.63) is 42.0 Å². The smallest absolute Gasteiger partial charge is 0.259 e. The van der Waals surface area contributed by atoms with Crippen LogP contribution in [0.25, 0.3) is 10.2 Å². The molecule has 8 nitrogen and oxygen atoms in total. The van der Waals surface area contributed by atoms with Crippen molar-refractivity contribution in [1.29, 1.82) is 0 Å². The normalized spacial score (nSPS) is 11.0. The van der Waals surface area contributed by atoms with Gasteiger partial charge in [-0.3, -0.25) is 4.79 Å². The Balaban J connectivity index is 1.55. The minimum atomic E-state index is -0.353. The zero-order chi connectivity index (χ0) is 18.5. The van der Waals surface area contributed by atoms with Gasteiger partial charge in [0, 0.05) is 5.56 Å². The van der Waals surface area contributed by atoms with Gasteiger partial charge in [-0.05, 0) is 24.3 Å². The van der Waals surface area contributed by atoms with Gasteiger partial charge >= 0.3 is 0 Å². The summed E-state index contributed by atoms with van der Waals surface area (Å²) >= 11 is 1.46. The Morgan fingerprint density at radius 2 is 2.15 bits per heavy atom. The number of benzene rings is 2. The molecule has 4 N–H and O–H groups in total. The molecule has 0 fully saturated rings. The molecule has 26 heavy (non-hydrogen) atoms. The Morgan fingerprint density at radius 1 is 1.35 bits per heavy atom. The number of hydrogen-bond acceptors (Lipinski definition) is 8. The topological polar surface area (TPSA) is 116 Å². The number of phenolic OH excluding ortho intramolecular Hbond substituents is 2. The number of hydrogen-bond donors (Lipinski definition) is 4. The largest absolute Gasteiger partial charge is 0.504 e. The number of carbonyl (C=O) groups is 1. The number of nitrogens with one attached hydrogen (secondary N) is 2. The maximum absolute atomic E-state index is 11.8. The molecule has 3 rings (SSSR count). The van der Waals surface area contributed by atoms with Crippen LogP contribution in [0.15, 0.2) is 41.5 Å². The van der Waals surface area contributed by atoms with Gasteiger partial charge < -0.3 is 20.3 Å². The van der Waals surface area contributed by atoms with E-state index < -0.39 is 0 Å². The summed E-state index contributed by atoms with van der Waals surface area (Å²) in [6.07, 6.45) is 1.33. The van der Waals surface area contributed by atoms with E-state index in [9.17, 15) is 15.0 Å². The van der Waals surface area contributed by atoms with Crippen molar-refractivity contribution >= 4 is 38.8 Å². The number of anilines is 1. The Labute approximate surface area is 152 Å². The predicted molar refractivity (Wildman–Crippen MR) is 100 cm³/mol. The van der Waals surface area contributed by atoms with Gasteiger partial charge in [0.05, 0.1) is 30.1 Å². The number of thiazole rings is 1. The summed E-state index contributed by atoms with van der Waals surface area (Å²) in [5.41, 5.74) is 3.70. The van der Waals surface area contributed by atoms with E-state index in [1.54, 1.807) is 0 Å². The van der Waals surface area contributed by atoms with Crippen molar-refractivity contribution in [2.75, 3.05) is 19.0 Å². The summed E-state index contributed by atoms with van der Waals surface area (Å²) in [5.74, 6) is -0.936. The molecule has 9 heteroatoms. The van der Waals surface area contributed by atoms with Crippen LogP contribution < -0.4 is 15.5 Å². The van der Waals surface area contributed by atoms with E-state index in [0.717, 1.165) is 10.2 Å². The maximum Gasteiger partial charge on any atom is 0.259 e. The van der Waals surface area contributed by atoms with Crippen LogP contribution in [0.1, 0.15) is 5.56 Å². The quantitative estimate of drug-likeness (QED) is 0.300. The van der Waals surface area contributed by atoms with Crippen LogP contribution >= 0.6 is 11.3 Å². The van der Waals surface area contributed by atoms with E-state index >= 15 is 0 Å². The highest BCUT2D eigenvalue weighted by Gasteiger charge is 2.09. The van der Waals surface area contributed by atoms with Crippen LogP contribution in [0.5, 0.6) is 17.2 Å². The van der Waals surface area contributed by atoms with Gasteiger partial charge in [0.15, 0.2) is 16.6 Å². The summed E-state index contributed by atoms with van der Waals surface area (Å²) in [5, 5.41) is 26.6. The molecule has 0 saturated carbocycles. The van der Waals surface area contributed by atoms with Crippen LogP contribution in [-0.2, 0) is 4.79 Å². The van der Waals surface area contributed by atoms with Gasteiger partial charge in [-0.15, -0.1) is 0 Å². The lowest BCUT2D eigenvalue weighted by Crippen LogP contribution is -2.25. The van der Waals surface area contributed by atoms with Crippen molar-refractivity contribution in [2.24, 2.45) is 5.10 Å². The number of rotatable bonds is 6. The standard InChI is InChI=1S/C17H16N4O4S/c1-25-13-7-10(6-12(22)16(13)24)8-19-21-15(23)9-18-17-20-11-4-2-3-5-14(11)26-17/h2-8,22,24H,9H2,1H3,(H,18,20)(H,21,23)/b19-8+. The predicted octanol–water partition coefficient (Wildman–Crippen LogP) is 2.28. The number of aromatic nitrogens is 1. The summed E-state index contributed by atoms with van der Waals surface area (Å²) in [4.78, 5) is 16.2. The number of nitrogens with zero attached hydrogens (tertiary/aromatic N) is 2. The average Bonchev–Trinajstić information content (AvgIpc) is 3.05. The Kier molecular flexibility index (Phi) is 5.18. The number of carbonyl (C=O) groups excluding carboxylic acids is 1. The van der Waals surface area contributed by atoms with Crippen molar-refractivity contribution in [2.45, 2.75) is 0 Å². The van der Waals surface area contributed by atoms with E-state index in [1.807, 2.05) is 24.3 Å². The van der Waals surface area contributed by atoms with E-state index in [2.05, 4.69) is 20.8 Å². The third kappa shape index (κ3) is 4.01. The van der Waals surface area contributed by atoms with Crippen molar-refractivity contribution < 1.29 is 19.7 Å². The van der Waals surface area contributed by atoms with E-state index in [0.29, 0.717) is 10.7 Å². The highest BCUT2D eigenvalue weighted by molar-refractivity contribution is 7.22. The maximum atomic E-state index is 11.8. The number of fused-ring (bicyclic) bond motifs is 1. The molecule has 0 bridgehead atoms. The molecule has 0 radical (unpaired) electrons. The second-order valence-corrected chi connectivity index (χ2v) is 6.26. The first-order valence-corrected chi connectivity index (χ1v) is 8.40. The van der Waals surface area contributed by atoms with Crippen LogP contribution in [0, 0.1) is 0 Å². The molecular weight excluding hydrogens is 356 g/mol. The highest BCUT2D eigenvalue weighted by atomic mass is 32.1. The third-order valence-electron chi connectivity index (χ3n) is 3.39. The van der Waals surface area contributed by atoms with Crippen LogP contribution in [0.3, 0.4) is 0 Å². The lowest BCUT2D eigenvalue weighted by molar-refractivity contribution is -0.119. The first-order chi connectivity index (χ1) is 12.6. The summed E-state index contributed by atoms with van der Waals surface area (Å²) < 4.78 is 5.97. The van der Waals surface area contributed by atoms with Gasteiger partial charge in [0.25, 0.3) is 5.91 Å². The summed E-state index contributed by atoms with van der Waals surface area (Å²) in [6.45, 7) is 0.0152. The van der Waals surface area contributed by atoms with E-state index in [-0.39, 0.29) is 29.7 Å². The molecule has 0 atom stereocenters. The van der Waals surface area contributed by atoms with Crippen LogP contribution in [0.4, 0.5) is 5.13 Å². The Bertz CT molecular complexity index is 938. The number of aromatic hydroxyl groups is 2. The van der Waals surface area contributed by atoms with Crippen LogP contribution in [-0.4, -0.2) is 41.0 Å². The van der Waals surface area contributed by atoms with Crippen molar-refractivity contribution in [3.8, 4) is 17.2 Å². The summed E-state index contributed by atoms with van der Waals surface area (Å²) in [7, 11) is 1.37. The van der Waals surface area contributed by atoms with Gasteiger partial charge in [0.2, 0.25) is 5.75 Å². The fourth-order valence-electron chi connectivity index (χ4n) is 2.17. The fourth-order valence-corrected chi connectivity index (χ4v) is 3.03. The van der Waals surface area contributed by atoms with E-state index in [4.69, 9.17) is 4.74 Å². The molecule has 1 heterocycles. The zero-order valence-corrected chi connectivity index (χ0v) is 14.6. The van der Waals surface area contributed by atoms with Crippen LogP contribution in [0.2, 0.25) is 0 Å². The molecule has 0 aliphatic carbocycles. The number of para-hydroxylation sites is 1. The molecule has 2 aromatic carbocycles. The minimum Gasteiger partial charge on any atom is -0.504 e. The SMILES string of the molecule is COc1cc(/C=N/NC(=O)CNc2nc3ccccc3s2)cc(O)c1O. The molecule has 0 saturated heterocycles. The van der Waals surface area contributed by atoms with Gasteiger partial charge in [-0.25, -0.2) is 10.4 Å². The number of phenols is 2. The first kappa shape index (κ1) is 17.5. The fraction of sp³-hybridized carbons (Fsp3) is 0.118. The number of methoxy groups -OCH3 is 1. The van der Waals surface area contributed by atoms with Gasteiger partial charge in [-0.2, -0.15) is 5.10 Å². The lowest BCUT2D eigenvalue weighted by Gasteiger charge is -2.06. The number of hydrazone groups is 1. The molecule has 0 unspecified atom stereocenters. The number of amides is 1. The third-order valence-corrected chi connectivity index (χ3v) is 4.39. The lowest BCUT2D eigenvalue weighted by atomic mass is 10.2. The molecule has 0 aliphatic heterocycles.